The van der Waals surface area contributed by atoms with Crippen molar-refractivity contribution in [2.24, 2.45) is 0 Å². The molecule has 0 amide bonds. The summed E-state index contributed by atoms with van der Waals surface area (Å²) < 4.78 is 39.3. The molecule has 0 spiro atoms. The minimum atomic E-state index is -4.48. The molecule has 3 heterocycles. The Morgan fingerprint density at radius 1 is 1.40 bits per heavy atom. The van der Waals surface area contributed by atoms with E-state index in [1.54, 1.807) is 0 Å². The number of piperidine rings is 1. The number of thiophene rings is 1. The van der Waals surface area contributed by atoms with Crippen LogP contribution in [-0.4, -0.2) is 54.2 Å². The fourth-order valence-electron chi connectivity index (χ4n) is 3.75. The van der Waals surface area contributed by atoms with Crippen LogP contribution in [0.15, 0.2) is 6.07 Å². The minimum absolute atomic E-state index is 0.0244. The number of aliphatic hydroxyl groups excluding tert-OH is 1. The van der Waals surface area contributed by atoms with Gasteiger partial charge in [0.25, 0.3) is 0 Å². The van der Waals surface area contributed by atoms with E-state index in [1.165, 1.54) is 0 Å². The zero-order valence-corrected chi connectivity index (χ0v) is 14.9. The second kappa shape index (κ2) is 6.96. The molecular formula is C16H22F3N3O2S. The fraction of sp³-hybridized carbons (Fsp3) is 0.688. The normalized spacial score (nSPS) is 31.0. The number of nitrogens with one attached hydrogen (secondary N) is 2. The van der Waals surface area contributed by atoms with Gasteiger partial charge in [-0.05, 0) is 31.7 Å². The molecule has 1 aromatic heterocycles. The lowest BCUT2D eigenvalue weighted by Gasteiger charge is -2.47. The number of nitrogens with zero attached hydrogens (tertiary/aromatic N) is 1. The molecule has 4 atom stereocenters. The first-order valence-electron chi connectivity index (χ1n) is 8.27. The number of rotatable bonds is 4. The lowest BCUT2D eigenvalue weighted by molar-refractivity contribution is -0.134. The molecule has 0 aromatic carbocycles. The van der Waals surface area contributed by atoms with Crippen LogP contribution >= 0.6 is 11.3 Å². The highest BCUT2D eigenvalue weighted by Crippen LogP contribution is 2.43. The average molecular weight is 377 g/mol. The molecule has 1 aromatic rings. The summed E-state index contributed by atoms with van der Waals surface area (Å²) in [5, 5.41) is 14.6. The van der Waals surface area contributed by atoms with Crippen LogP contribution < -0.4 is 10.7 Å². The molecule has 4 unspecified atom stereocenters. The Morgan fingerprint density at radius 2 is 2.08 bits per heavy atom. The second-order valence-electron chi connectivity index (χ2n) is 6.93. The lowest BCUT2D eigenvalue weighted by Crippen LogP contribution is -2.69. The molecule has 2 saturated heterocycles. The van der Waals surface area contributed by atoms with E-state index >= 15 is 0 Å². The molecule has 140 valence electrons. The van der Waals surface area contributed by atoms with Crippen molar-refractivity contribution >= 4 is 17.1 Å². The van der Waals surface area contributed by atoms with Gasteiger partial charge in [0.15, 0.2) is 5.78 Å². The Labute approximate surface area is 148 Å². The molecule has 2 aliphatic heterocycles. The topological polar surface area (TPSA) is 64.6 Å². The van der Waals surface area contributed by atoms with E-state index in [2.05, 4.69) is 10.7 Å². The van der Waals surface area contributed by atoms with E-state index in [0.29, 0.717) is 29.1 Å². The molecule has 0 saturated carbocycles. The van der Waals surface area contributed by atoms with Crippen molar-refractivity contribution < 1.29 is 23.1 Å². The molecule has 3 rings (SSSR count). The van der Waals surface area contributed by atoms with E-state index in [9.17, 15) is 18.0 Å². The number of carbonyl (C=O) groups is 1. The third-order valence-corrected chi connectivity index (χ3v) is 6.21. The monoisotopic (exact) mass is 377 g/mol. The van der Waals surface area contributed by atoms with Gasteiger partial charge in [-0.15, -0.1) is 11.3 Å². The van der Waals surface area contributed by atoms with Gasteiger partial charge in [-0.2, -0.15) is 13.2 Å². The number of hydrogen-bond acceptors (Lipinski definition) is 6. The highest BCUT2D eigenvalue weighted by molar-refractivity contribution is 7.12. The number of Topliss-reactive ketones (excluding diaryl/α,β-unsaturated/α-hetero) is 1. The van der Waals surface area contributed by atoms with Crippen molar-refractivity contribution in [2.75, 3.05) is 20.2 Å². The number of hydrogen-bond donors (Lipinski definition) is 3. The number of likely N-dealkylation sites (N-methyl/N-ethyl adjacent to an activating group) is 1. The SMILES string of the molecule is CC1CC(c2sc(C(F)(F)F)cc2C(=O)CO)CC(C2CN(C)N2)N1. The molecule has 0 bridgehead atoms. The summed E-state index contributed by atoms with van der Waals surface area (Å²) in [6.45, 7) is 2.10. The number of alkyl halides is 3. The van der Waals surface area contributed by atoms with Crippen molar-refractivity contribution in [3.8, 4) is 0 Å². The Kier molecular flexibility index (Phi) is 5.23. The summed E-state index contributed by atoms with van der Waals surface area (Å²) in [4.78, 5) is 11.7. The predicted octanol–water partition coefficient (Wildman–Crippen LogP) is 1.98. The third-order valence-electron chi connectivity index (χ3n) is 4.87. The highest BCUT2D eigenvalue weighted by atomic mass is 32.1. The molecule has 0 radical (unpaired) electrons. The number of halogens is 3. The minimum Gasteiger partial charge on any atom is -0.388 e. The first-order valence-corrected chi connectivity index (χ1v) is 9.09. The third kappa shape index (κ3) is 3.90. The summed E-state index contributed by atoms with van der Waals surface area (Å²) in [6, 6.07) is 1.42. The summed E-state index contributed by atoms with van der Waals surface area (Å²) >= 11 is 0.643. The first-order chi connectivity index (χ1) is 11.7. The number of carbonyl (C=O) groups excluding carboxylic acids is 1. The van der Waals surface area contributed by atoms with Crippen LogP contribution in [0.4, 0.5) is 13.2 Å². The summed E-state index contributed by atoms with van der Waals surface area (Å²) in [6.07, 6.45) is -3.15. The molecule has 2 fully saturated rings. The van der Waals surface area contributed by atoms with Crippen molar-refractivity contribution in [3.05, 3.63) is 21.4 Å². The van der Waals surface area contributed by atoms with Crippen molar-refractivity contribution in [2.45, 2.75) is 50.0 Å². The van der Waals surface area contributed by atoms with Gasteiger partial charge in [-0.25, -0.2) is 10.4 Å². The van der Waals surface area contributed by atoms with Gasteiger partial charge in [-0.3, -0.25) is 4.79 Å². The maximum absolute atomic E-state index is 13.1. The van der Waals surface area contributed by atoms with Crippen LogP contribution in [0, 0.1) is 0 Å². The lowest BCUT2D eigenvalue weighted by atomic mass is 9.82. The van der Waals surface area contributed by atoms with Crippen LogP contribution in [0.3, 0.4) is 0 Å². The molecule has 25 heavy (non-hydrogen) atoms. The number of ketones is 1. The number of aliphatic hydroxyl groups is 1. The van der Waals surface area contributed by atoms with Crippen LogP contribution in [0.1, 0.15) is 45.8 Å². The average Bonchev–Trinajstić information content (AvgIpc) is 2.96. The summed E-state index contributed by atoms with van der Waals surface area (Å²) in [5.74, 6) is -0.772. The van der Waals surface area contributed by atoms with Gasteiger partial charge >= 0.3 is 6.18 Å². The van der Waals surface area contributed by atoms with Crippen molar-refractivity contribution in [3.63, 3.8) is 0 Å². The van der Waals surface area contributed by atoms with Gasteiger partial charge in [0, 0.05) is 36.1 Å². The number of hydrazine groups is 1. The van der Waals surface area contributed by atoms with Crippen molar-refractivity contribution in [1.29, 1.82) is 0 Å². The predicted molar refractivity (Wildman–Crippen MR) is 88.7 cm³/mol. The smallest absolute Gasteiger partial charge is 0.388 e. The summed E-state index contributed by atoms with van der Waals surface area (Å²) in [7, 11) is 1.94. The van der Waals surface area contributed by atoms with Crippen LogP contribution in [0.5, 0.6) is 0 Å². The maximum Gasteiger partial charge on any atom is 0.425 e. The largest absolute Gasteiger partial charge is 0.425 e. The summed E-state index contributed by atoms with van der Waals surface area (Å²) in [5.41, 5.74) is 3.29. The molecule has 0 aliphatic carbocycles. The molecule has 2 aliphatic rings. The standard InChI is InChI=1S/C16H22F3N3O2S/c1-8-3-9(4-11(20-8)12-6-22(2)21-12)15-10(13(24)7-23)5-14(25-15)16(17,18)19/h5,8-9,11-12,20-21,23H,3-4,6-7H2,1-2H3. The van der Waals surface area contributed by atoms with Gasteiger partial charge < -0.3 is 10.4 Å². The quantitative estimate of drug-likeness (QED) is 0.701. The molecule has 5 nitrogen and oxygen atoms in total. The van der Waals surface area contributed by atoms with Crippen LogP contribution in [0.25, 0.3) is 0 Å². The van der Waals surface area contributed by atoms with E-state index in [4.69, 9.17) is 5.11 Å². The van der Waals surface area contributed by atoms with E-state index in [1.807, 2.05) is 19.0 Å². The van der Waals surface area contributed by atoms with E-state index in [-0.39, 0.29) is 29.6 Å². The Morgan fingerprint density at radius 3 is 2.64 bits per heavy atom. The molecular weight excluding hydrogens is 355 g/mol. The zero-order valence-electron chi connectivity index (χ0n) is 14.1. The van der Waals surface area contributed by atoms with Gasteiger partial charge in [-0.1, -0.05) is 0 Å². The van der Waals surface area contributed by atoms with Gasteiger partial charge in [0.05, 0.1) is 6.04 Å². The van der Waals surface area contributed by atoms with E-state index < -0.39 is 23.4 Å². The maximum atomic E-state index is 13.1. The van der Waals surface area contributed by atoms with Crippen LogP contribution in [0.2, 0.25) is 0 Å². The fourth-order valence-corrected chi connectivity index (χ4v) is 4.92. The Bertz CT molecular complexity index is 643. The Balaban J connectivity index is 1.88. The van der Waals surface area contributed by atoms with E-state index in [0.717, 1.165) is 12.6 Å². The highest BCUT2D eigenvalue weighted by Gasteiger charge is 2.40. The molecule has 9 heteroatoms. The first kappa shape index (κ1) is 18.8. The van der Waals surface area contributed by atoms with Gasteiger partial charge in [0.2, 0.25) is 0 Å². The molecule has 3 N–H and O–H groups in total. The Hall–Kier alpha value is -1.00. The van der Waals surface area contributed by atoms with Gasteiger partial charge in [0.1, 0.15) is 11.5 Å². The second-order valence-corrected chi connectivity index (χ2v) is 8.01. The van der Waals surface area contributed by atoms with Crippen molar-refractivity contribution in [1.82, 2.24) is 15.8 Å². The van der Waals surface area contributed by atoms with Crippen LogP contribution in [-0.2, 0) is 6.18 Å². The zero-order chi connectivity index (χ0) is 18.4.